The molecule has 0 saturated heterocycles. The summed E-state index contributed by atoms with van der Waals surface area (Å²) < 4.78 is 22.8. The van der Waals surface area contributed by atoms with Gasteiger partial charge in [-0.15, -0.1) is 0 Å². The van der Waals surface area contributed by atoms with E-state index in [2.05, 4.69) is 21.2 Å². The van der Waals surface area contributed by atoms with Crippen molar-refractivity contribution in [1.29, 1.82) is 0 Å². The molecule has 0 fully saturated rings. The molecule has 3 aromatic rings. The van der Waals surface area contributed by atoms with Crippen LogP contribution in [0.1, 0.15) is 21.9 Å². The van der Waals surface area contributed by atoms with Gasteiger partial charge >= 0.3 is 0 Å². The van der Waals surface area contributed by atoms with Crippen molar-refractivity contribution in [3.8, 4) is 17.2 Å². The maximum absolute atomic E-state index is 12.4. The summed E-state index contributed by atoms with van der Waals surface area (Å²) in [6.45, 7) is 0.502. The zero-order valence-corrected chi connectivity index (χ0v) is 17.1. The number of nitrogens with one attached hydrogen (secondary N) is 1. The summed E-state index contributed by atoms with van der Waals surface area (Å²) in [6.07, 6.45) is 0. The van der Waals surface area contributed by atoms with Gasteiger partial charge in [0.15, 0.2) is 17.3 Å². The largest absolute Gasteiger partial charge is 0.496 e. The molecule has 146 valence electrons. The van der Waals surface area contributed by atoms with Gasteiger partial charge in [0, 0.05) is 16.6 Å². The summed E-state index contributed by atoms with van der Waals surface area (Å²) in [4.78, 5) is 12.4. The van der Waals surface area contributed by atoms with Crippen molar-refractivity contribution in [2.75, 3.05) is 14.2 Å². The molecule has 0 atom stereocenters. The van der Waals surface area contributed by atoms with E-state index >= 15 is 0 Å². The maximum atomic E-state index is 12.4. The monoisotopic (exact) mass is 445 g/mol. The van der Waals surface area contributed by atoms with Gasteiger partial charge in [0.05, 0.1) is 14.2 Å². The molecule has 3 rings (SSSR count). The molecule has 1 aromatic heterocycles. The highest BCUT2D eigenvalue weighted by Crippen LogP contribution is 2.27. The average molecular weight is 446 g/mol. The third-order valence-electron chi connectivity index (χ3n) is 4.01. The van der Waals surface area contributed by atoms with Gasteiger partial charge < -0.3 is 23.9 Å². The van der Waals surface area contributed by atoms with Gasteiger partial charge in [-0.3, -0.25) is 4.79 Å². The van der Waals surface area contributed by atoms with Crippen LogP contribution in [0.2, 0.25) is 0 Å². The summed E-state index contributed by atoms with van der Waals surface area (Å²) in [5, 5.41) is 2.83. The number of hydrogen-bond donors (Lipinski definition) is 1. The quantitative estimate of drug-likeness (QED) is 0.549. The number of amides is 1. The minimum atomic E-state index is -0.314. The first-order chi connectivity index (χ1) is 13.6. The molecular weight excluding hydrogens is 426 g/mol. The topological polar surface area (TPSA) is 69.9 Å². The predicted octanol–water partition coefficient (Wildman–Crippen LogP) is 4.57. The van der Waals surface area contributed by atoms with Crippen LogP contribution in [-0.2, 0) is 13.2 Å². The lowest BCUT2D eigenvalue weighted by atomic mass is 10.2. The predicted molar refractivity (Wildman–Crippen MR) is 108 cm³/mol. The number of benzene rings is 2. The summed E-state index contributed by atoms with van der Waals surface area (Å²) in [5.41, 5.74) is 0.858. The fraction of sp³-hybridized carbons (Fsp3) is 0.190. The second-order valence-electron chi connectivity index (χ2n) is 5.84. The van der Waals surface area contributed by atoms with Crippen LogP contribution in [0.4, 0.5) is 0 Å². The minimum Gasteiger partial charge on any atom is -0.496 e. The van der Waals surface area contributed by atoms with Crippen LogP contribution < -0.4 is 19.5 Å². The molecular formula is C21H20BrNO5. The fourth-order valence-electron chi connectivity index (χ4n) is 2.61. The van der Waals surface area contributed by atoms with Gasteiger partial charge in [0.25, 0.3) is 5.91 Å². The minimum absolute atomic E-state index is 0.188. The molecule has 1 N–H and O–H groups in total. The first-order valence-electron chi connectivity index (χ1n) is 8.56. The number of hydrogen-bond acceptors (Lipinski definition) is 5. The van der Waals surface area contributed by atoms with Gasteiger partial charge in [-0.25, -0.2) is 0 Å². The molecule has 0 aliphatic heterocycles. The van der Waals surface area contributed by atoms with E-state index in [0.29, 0.717) is 29.6 Å². The Morgan fingerprint density at radius 1 is 1.00 bits per heavy atom. The number of halogens is 1. The third-order valence-corrected chi connectivity index (χ3v) is 4.50. The fourth-order valence-corrected chi connectivity index (χ4v) is 3.02. The molecule has 1 heterocycles. The highest BCUT2D eigenvalue weighted by molar-refractivity contribution is 9.10. The highest BCUT2D eigenvalue weighted by atomic mass is 79.9. The lowest BCUT2D eigenvalue weighted by Crippen LogP contribution is -2.22. The third kappa shape index (κ3) is 4.86. The van der Waals surface area contributed by atoms with E-state index in [0.717, 1.165) is 10.0 Å². The van der Waals surface area contributed by atoms with Gasteiger partial charge in [-0.2, -0.15) is 0 Å². The Hall–Kier alpha value is -2.93. The summed E-state index contributed by atoms with van der Waals surface area (Å²) in [6, 6.07) is 16.3. The van der Waals surface area contributed by atoms with Crippen LogP contribution in [0.3, 0.4) is 0 Å². The van der Waals surface area contributed by atoms with Crippen molar-refractivity contribution in [2.24, 2.45) is 0 Å². The molecule has 28 heavy (non-hydrogen) atoms. The van der Waals surface area contributed by atoms with Gasteiger partial charge in [-0.1, -0.05) is 28.1 Å². The SMILES string of the molecule is COc1ccc(Br)cc1CNC(=O)c1ccc(COc2ccccc2OC)o1. The van der Waals surface area contributed by atoms with Gasteiger partial charge in [0.1, 0.15) is 18.1 Å². The molecule has 0 saturated carbocycles. The van der Waals surface area contributed by atoms with Crippen molar-refractivity contribution in [3.63, 3.8) is 0 Å². The van der Waals surface area contributed by atoms with Crippen LogP contribution in [-0.4, -0.2) is 20.1 Å². The van der Waals surface area contributed by atoms with Crippen LogP contribution in [0.15, 0.2) is 63.5 Å². The second kappa shape index (κ2) is 9.32. The summed E-state index contributed by atoms with van der Waals surface area (Å²) in [7, 11) is 3.17. The average Bonchev–Trinajstić information content (AvgIpc) is 3.20. The lowest BCUT2D eigenvalue weighted by molar-refractivity contribution is 0.0918. The van der Waals surface area contributed by atoms with Crippen molar-refractivity contribution >= 4 is 21.8 Å². The smallest absolute Gasteiger partial charge is 0.287 e. The number of furan rings is 1. The number of para-hydroxylation sites is 2. The van der Waals surface area contributed by atoms with E-state index in [4.69, 9.17) is 18.6 Å². The molecule has 0 aliphatic rings. The van der Waals surface area contributed by atoms with Gasteiger partial charge in [-0.05, 0) is 42.5 Å². The first-order valence-corrected chi connectivity index (χ1v) is 9.35. The van der Waals surface area contributed by atoms with Crippen LogP contribution >= 0.6 is 15.9 Å². The first kappa shape index (κ1) is 19.8. The van der Waals surface area contributed by atoms with E-state index in [1.54, 1.807) is 32.4 Å². The molecule has 0 unspecified atom stereocenters. The number of methoxy groups -OCH3 is 2. The number of carbonyl (C=O) groups excluding carboxylic acids is 1. The molecule has 2 aromatic carbocycles. The molecule has 7 heteroatoms. The van der Waals surface area contributed by atoms with E-state index in [-0.39, 0.29) is 18.3 Å². The molecule has 6 nitrogen and oxygen atoms in total. The Labute approximate surface area is 171 Å². The summed E-state index contributed by atoms with van der Waals surface area (Å²) in [5.74, 6) is 2.38. The molecule has 0 aliphatic carbocycles. The standard InChI is InChI=1S/C21H20BrNO5/c1-25-17-9-7-15(22)11-14(17)12-23-21(24)20-10-8-16(28-20)13-27-19-6-4-3-5-18(19)26-2/h3-11H,12-13H2,1-2H3,(H,23,24). The molecule has 0 bridgehead atoms. The van der Waals surface area contributed by atoms with E-state index in [1.165, 1.54) is 0 Å². The Kier molecular flexibility index (Phi) is 6.60. The van der Waals surface area contributed by atoms with Crippen LogP contribution in [0, 0.1) is 0 Å². The van der Waals surface area contributed by atoms with Gasteiger partial charge in [0.2, 0.25) is 0 Å². The Balaban J connectivity index is 1.59. The van der Waals surface area contributed by atoms with E-state index < -0.39 is 0 Å². The normalized spacial score (nSPS) is 10.4. The number of rotatable bonds is 8. The van der Waals surface area contributed by atoms with Crippen molar-refractivity contribution < 1.29 is 23.4 Å². The number of carbonyl (C=O) groups is 1. The Morgan fingerprint density at radius 3 is 2.50 bits per heavy atom. The lowest BCUT2D eigenvalue weighted by Gasteiger charge is -2.10. The number of ether oxygens (including phenoxy) is 3. The van der Waals surface area contributed by atoms with E-state index in [1.807, 2.05) is 36.4 Å². The van der Waals surface area contributed by atoms with Crippen molar-refractivity contribution in [3.05, 3.63) is 76.2 Å². The Bertz CT molecular complexity index is 953. The zero-order valence-electron chi connectivity index (χ0n) is 15.5. The second-order valence-corrected chi connectivity index (χ2v) is 6.76. The van der Waals surface area contributed by atoms with Crippen LogP contribution in [0.25, 0.3) is 0 Å². The molecule has 1 amide bonds. The maximum Gasteiger partial charge on any atom is 0.287 e. The van der Waals surface area contributed by atoms with Crippen LogP contribution in [0.5, 0.6) is 17.2 Å². The Morgan fingerprint density at radius 2 is 1.75 bits per heavy atom. The van der Waals surface area contributed by atoms with Crippen molar-refractivity contribution in [1.82, 2.24) is 5.32 Å². The highest BCUT2D eigenvalue weighted by Gasteiger charge is 2.13. The van der Waals surface area contributed by atoms with E-state index in [9.17, 15) is 4.79 Å². The summed E-state index contributed by atoms with van der Waals surface area (Å²) >= 11 is 3.42. The zero-order chi connectivity index (χ0) is 19.9. The van der Waals surface area contributed by atoms with Crippen molar-refractivity contribution in [2.45, 2.75) is 13.2 Å². The molecule has 0 spiro atoms. The molecule has 0 radical (unpaired) electrons.